The van der Waals surface area contributed by atoms with Gasteiger partial charge in [-0.3, -0.25) is 28.8 Å². The van der Waals surface area contributed by atoms with E-state index >= 15 is 0 Å². The van der Waals surface area contributed by atoms with Gasteiger partial charge in [0.1, 0.15) is 23.9 Å². The molecule has 398 valence electrons. The van der Waals surface area contributed by atoms with Crippen LogP contribution in [0.25, 0.3) is 22.3 Å². The van der Waals surface area contributed by atoms with Gasteiger partial charge in [-0.15, -0.1) is 0 Å². The minimum atomic E-state index is -0.626. The van der Waals surface area contributed by atoms with Crippen molar-refractivity contribution < 1.29 is 28.8 Å². The van der Waals surface area contributed by atoms with Crippen molar-refractivity contribution in [1.29, 1.82) is 0 Å². The summed E-state index contributed by atoms with van der Waals surface area (Å²) in [6, 6.07) is 19.2. The van der Waals surface area contributed by atoms with E-state index in [-0.39, 0.29) is 77.6 Å². The zero-order valence-electron chi connectivity index (χ0n) is 44.7. The summed E-state index contributed by atoms with van der Waals surface area (Å²) in [7, 11) is 3.52. The van der Waals surface area contributed by atoms with Crippen LogP contribution < -0.4 is 26.6 Å². The largest absolute Gasteiger partial charge is 0.347 e. The monoisotopic (exact) mass is 1010 g/mol. The zero-order chi connectivity index (χ0) is 51.9. The lowest BCUT2D eigenvalue weighted by molar-refractivity contribution is -0.145. The van der Waals surface area contributed by atoms with E-state index < -0.39 is 24.2 Å². The molecule has 0 radical (unpaired) electrons. The number of aryl methyl sites for hydroxylation is 2. The molecule has 6 aliphatic rings. The quantitative estimate of drug-likeness (QED) is 0.0898. The van der Waals surface area contributed by atoms with E-state index in [9.17, 15) is 28.8 Å². The average Bonchev–Trinajstić information content (AvgIpc) is 4.15. The Morgan fingerprint density at radius 2 is 0.973 bits per heavy atom. The van der Waals surface area contributed by atoms with Crippen molar-refractivity contribution in [1.82, 2.24) is 36.4 Å². The Morgan fingerprint density at radius 1 is 0.514 bits per heavy atom. The summed E-state index contributed by atoms with van der Waals surface area (Å²) >= 11 is 0. The second-order valence-corrected chi connectivity index (χ2v) is 22.8. The van der Waals surface area contributed by atoms with Gasteiger partial charge in [0.05, 0.1) is 24.2 Å². The molecule has 2 saturated heterocycles. The van der Waals surface area contributed by atoms with E-state index in [0.717, 1.165) is 143 Å². The number of carbonyl (C=O) groups excluding carboxylic acids is 6. The number of likely N-dealkylation sites (N-methyl/N-ethyl adjacent to an activating group) is 2. The minimum Gasteiger partial charge on any atom is -0.347 e. The number of nitrogens with one attached hydrogen (secondary N) is 5. The Morgan fingerprint density at radius 3 is 1.46 bits per heavy atom. The van der Waals surface area contributed by atoms with Crippen molar-refractivity contribution in [3.8, 4) is 22.3 Å². The van der Waals surface area contributed by atoms with E-state index in [1.165, 1.54) is 17.5 Å². The molecule has 0 bridgehead atoms. The van der Waals surface area contributed by atoms with Crippen LogP contribution in [-0.2, 0) is 41.6 Å². The van der Waals surface area contributed by atoms with Crippen molar-refractivity contribution in [3.05, 3.63) is 82.9 Å². The summed E-state index contributed by atoms with van der Waals surface area (Å²) in [5, 5.41) is 15.9. The third kappa shape index (κ3) is 12.0. The standard InChI is InChI=1S/C61H83N7O6/c1-38(62-3)55(69)37-50(42-15-7-5-8-16-42)60(73)67-33-13-23-53(67)58(71)64-51-21-11-19-46-35-44(29-31-48(46)51)40-25-27-41(28-26-40)45-30-32-49-47(36-45)20-12-22-52(49)65-59(72)54-24-14-34-68(54)61(74)56(43-17-9-6-10-18-43)66-57(70)39(2)63-4/h25-32,35-36,38-39,42-43,50-54,56,62-63H,5-24,33-34,37H2,1-4H3,(H,64,71)(H,65,72)(H,66,70)/t38-,39-,50-,51+,52+,53-,54-,56-/m0/s1. The topological polar surface area (TPSA) is 169 Å². The molecule has 2 aliphatic heterocycles. The van der Waals surface area contributed by atoms with Crippen molar-refractivity contribution in [2.75, 3.05) is 27.2 Å². The normalized spacial score (nSPS) is 23.9. The molecule has 3 aromatic rings. The molecular weight excluding hydrogens is 927 g/mol. The Hall–Kier alpha value is -5.40. The van der Waals surface area contributed by atoms with Crippen LogP contribution in [0, 0.1) is 17.8 Å². The van der Waals surface area contributed by atoms with Crippen LogP contribution in [0.3, 0.4) is 0 Å². The number of amides is 5. The molecule has 13 nitrogen and oxygen atoms in total. The second-order valence-electron chi connectivity index (χ2n) is 22.8. The molecule has 4 fully saturated rings. The highest BCUT2D eigenvalue weighted by atomic mass is 16.2. The van der Waals surface area contributed by atoms with Crippen molar-refractivity contribution in [3.63, 3.8) is 0 Å². The Labute approximate surface area is 439 Å². The molecule has 74 heavy (non-hydrogen) atoms. The molecule has 3 aromatic carbocycles. The molecular formula is C61H83N7O6. The summed E-state index contributed by atoms with van der Waals surface area (Å²) < 4.78 is 0. The highest BCUT2D eigenvalue weighted by Gasteiger charge is 2.44. The van der Waals surface area contributed by atoms with Crippen molar-refractivity contribution >= 4 is 35.3 Å². The van der Waals surface area contributed by atoms with Crippen LogP contribution in [0.4, 0.5) is 0 Å². The molecule has 2 saturated carbocycles. The molecule has 0 spiro atoms. The molecule has 5 amide bonds. The fourth-order valence-corrected chi connectivity index (χ4v) is 13.5. The number of hydrogen-bond acceptors (Lipinski definition) is 8. The summed E-state index contributed by atoms with van der Waals surface area (Å²) in [5.74, 6) is -0.585. The van der Waals surface area contributed by atoms with E-state index in [2.05, 4.69) is 87.2 Å². The molecule has 13 heteroatoms. The first kappa shape index (κ1) is 53.4. The van der Waals surface area contributed by atoms with Crippen LogP contribution in [0.5, 0.6) is 0 Å². The zero-order valence-corrected chi connectivity index (χ0v) is 44.7. The summed E-state index contributed by atoms with van der Waals surface area (Å²) in [4.78, 5) is 86.8. The minimum absolute atomic E-state index is 0.0159. The van der Waals surface area contributed by atoms with E-state index in [1.54, 1.807) is 25.9 Å². The molecule has 5 N–H and O–H groups in total. The fourth-order valence-electron chi connectivity index (χ4n) is 13.5. The summed E-state index contributed by atoms with van der Waals surface area (Å²) in [6.07, 6.45) is 18.8. The predicted molar refractivity (Wildman–Crippen MR) is 290 cm³/mol. The predicted octanol–water partition coefficient (Wildman–Crippen LogP) is 8.43. The van der Waals surface area contributed by atoms with Gasteiger partial charge in [0.15, 0.2) is 0 Å². The third-order valence-corrected chi connectivity index (χ3v) is 18.2. The lowest BCUT2D eigenvalue weighted by atomic mass is 9.76. The molecule has 0 aromatic heterocycles. The Bertz CT molecular complexity index is 2330. The number of hydrogen-bond donors (Lipinski definition) is 5. The highest BCUT2D eigenvalue weighted by Crippen LogP contribution is 2.39. The first-order valence-corrected chi connectivity index (χ1v) is 28.7. The third-order valence-electron chi connectivity index (χ3n) is 18.2. The van der Waals surface area contributed by atoms with Gasteiger partial charge in [-0.25, -0.2) is 0 Å². The average molecular weight is 1010 g/mol. The second kappa shape index (κ2) is 24.5. The van der Waals surface area contributed by atoms with Gasteiger partial charge in [0, 0.05) is 25.4 Å². The Balaban J connectivity index is 0.828. The first-order valence-electron chi connectivity index (χ1n) is 28.7. The smallest absolute Gasteiger partial charge is 0.246 e. The number of Topliss-reactive ketones (excluding diaryl/α,β-unsaturated/α-hetero) is 1. The van der Waals surface area contributed by atoms with Crippen LogP contribution in [0.1, 0.15) is 170 Å². The lowest BCUT2D eigenvalue weighted by Crippen LogP contribution is -2.58. The maximum Gasteiger partial charge on any atom is 0.246 e. The van der Waals surface area contributed by atoms with Crippen LogP contribution in [0.15, 0.2) is 60.7 Å². The van der Waals surface area contributed by atoms with Gasteiger partial charge in [-0.05, 0) is 174 Å². The van der Waals surface area contributed by atoms with Gasteiger partial charge in [-0.2, -0.15) is 0 Å². The lowest BCUT2D eigenvalue weighted by Gasteiger charge is -2.35. The maximum absolute atomic E-state index is 14.4. The summed E-state index contributed by atoms with van der Waals surface area (Å²) in [6.45, 7) is 4.73. The number of fused-ring (bicyclic) bond motifs is 2. The van der Waals surface area contributed by atoms with Gasteiger partial charge in [0.2, 0.25) is 29.5 Å². The summed E-state index contributed by atoms with van der Waals surface area (Å²) in [5.41, 5.74) is 9.27. The van der Waals surface area contributed by atoms with Crippen molar-refractivity contribution in [2.45, 2.75) is 191 Å². The molecule has 2 heterocycles. The molecule has 4 aliphatic carbocycles. The van der Waals surface area contributed by atoms with Gasteiger partial charge < -0.3 is 36.4 Å². The molecule has 0 unspecified atom stereocenters. The van der Waals surface area contributed by atoms with E-state index in [1.807, 2.05) is 11.8 Å². The Kier molecular flexibility index (Phi) is 17.7. The van der Waals surface area contributed by atoms with Gasteiger partial charge in [-0.1, -0.05) is 99.2 Å². The van der Waals surface area contributed by atoms with E-state index in [0.29, 0.717) is 25.9 Å². The number of likely N-dealkylation sites (tertiary alicyclic amines) is 2. The number of nitrogens with zero attached hydrogens (tertiary/aromatic N) is 2. The van der Waals surface area contributed by atoms with Gasteiger partial charge in [0.25, 0.3) is 0 Å². The van der Waals surface area contributed by atoms with Crippen LogP contribution >= 0.6 is 0 Å². The highest BCUT2D eigenvalue weighted by molar-refractivity contribution is 5.95. The van der Waals surface area contributed by atoms with E-state index in [4.69, 9.17) is 0 Å². The number of rotatable bonds is 17. The van der Waals surface area contributed by atoms with Gasteiger partial charge >= 0.3 is 0 Å². The maximum atomic E-state index is 14.4. The molecule has 8 atom stereocenters. The van der Waals surface area contributed by atoms with Crippen LogP contribution in [-0.4, -0.2) is 103 Å². The van der Waals surface area contributed by atoms with Crippen LogP contribution in [0.2, 0.25) is 0 Å². The van der Waals surface area contributed by atoms with Crippen molar-refractivity contribution in [2.24, 2.45) is 17.8 Å². The number of benzene rings is 3. The fraction of sp³-hybridized carbons (Fsp3) is 0.607. The number of carbonyl (C=O) groups is 6. The number of ketones is 1. The SMILES string of the molecule is CN[C@@H](C)C(=O)C[C@H](C(=O)N1CCC[C@H]1C(=O)N[C@@H]1CCCc2cc(-c3ccc(-c4ccc5c(c4)CCC[C@H]5NC(=O)[C@@H]4CCCN4C(=O)[C@@H](NC(=O)[C@H](C)NC)C4CCCCC4)cc3)ccc21)C1CCCCC1. The first-order chi connectivity index (χ1) is 35.9. The molecule has 9 rings (SSSR count).